The highest BCUT2D eigenvalue weighted by Gasteiger charge is 2.41. The van der Waals surface area contributed by atoms with E-state index in [0.29, 0.717) is 5.92 Å². The van der Waals surface area contributed by atoms with Crippen LogP contribution in [0.25, 0.3) is 0 Å². The van der Waals surface area contributed by atoms with E-state index in [1.54, 1.807) is 0 Å². The summed E-state index contributed by atoms with van der Waals surface area (Å²) < 4.78 is 10.8. The van der Waals surface area contributed by atoms with Crippen LogP contribution in [0.3, 0.4) is 0 Å². The van der Waals surface area contributed by atoms with Crippen LogP contribution in [0, 0.1) is 19.8 Å². The van der Waals surface area contributed by atoms with Crippen molar-refractivity contribution in [1.29, 1.82) is 0 Å². The van der Waals surface area contributed by atoms with Crippen LogP contribution >= 0.6 is 0 Å². The number of methoxy groups -OCH3 is 1. The molecule has 2 aliphatic heterocycles. The Hall–Kier alpha value is -2.86. The minimum Gasteiger partial charge on any atom is -0.469 e. The fourth-order valence-electron chi connectivity index (χ4n) is 4.57. The topological polar surface area (TPSA) is 76.7 Å². The van der Waals surface area contributed by atoms with Crippen LogP contribution < -0.4 is 10.6 Å². The van der Waals surface area contributed by atoms with E-state index in [-0.39, 0.29) is 43.4 Å². The lowest BCUT2D eigenvalue weighted by atomic mass is 9.80. The Kier molecular flexibility index (Phi) is 6.28. The van der Waals surface area contributed by atoms with Gasteiger partial charge in [0.15, 0.2) is 0 Å². The van der Waals surface area contributed by atoms with Crippen LogP contribution in [0.2, 0.25) is 0 Å². The minimum absolute atomic E-state index is 0.0326. The second kappa shape index (κ2) is 9.10. The molecule has 0 unspecified atom stereocenters. The number of hydrogen-bond donors (Lipinski definition) is 2. The number of anilines is 1. The molecule has 3 atom stereocenters. The van der Waals surface area contributed by atoms with E-state index in [9.17, 15) is 9.59 Å². The number of rotatable bonds is 6. The fourth-order valence-corrected chi connectivity index (χ4v) is 4.57. The maximum absolute atomic E-state index is 12.3. The molecule has 164 valence electrons. The van der Waals surface area contributed by atoms with E-state index < -0.39 is 0 Å². The van der Waals surface area contributed by atoms with Gasteiger partial charge in [-0.3, -0.25) is 9.59 Å². The number of benzene rings is 2. The second-order valence-corrected chi connectivity index (χ2v) is 8.48. The zero-order valence-electron chi connectivity index (χ0n) is 18.4. The van der Waals surface area contributed by atoms with Gasteiger partial charge in [-0.25, -0.2) is 0 Å². The van der Waals surface area contributed by atoms with Crippen molar-refractivity contribution in [3.05, 3.63) is 64.2 Å². The second-order valence-electron chi connectivity index (χ2n) is 8.48. The van der Waals surface area contributed by atoms with Gasteiger partial charge in [-0.05, 0) is 48.6 Å². The normalized spacial score (nSPS) is 21.6. The molecule has 0 saturated carbocycles. The lowest BCUT2D eigenvalue weighted by Crippen LogP contribution is -2.30. The summed E-state index contributed by atoms with van der Waals surface area (Å²) in [6, 6.07) is 13.0. The van der Waals surface area contributed by atoms with Crippen molar-refractivity contribution >= 4 is 17.6 Å². The average molecular weight is 423 g/mol. The van der Waals surface area contributed by atoms with E-state index in [0.717, 1.165) is 29.8 Å². The molecule has 2 aliphatic rings. The van der Waals surface area contributed by atoms with Crippen molar-refractivity contribution in [2.75, 3.05) is 25.6 Å². The summed E-state index contributed by atoms with van der Waals surface area (Å²) >= 11 is 0. The number of carbonyl (C=O) groups is 2. The molecule has 2 heterocycles. The third kappa shape index (κ3) is 4.59. The summed E-state index contributed by atoms with van der Waals surface area (Å²) in [6.45, 7) is 5.32. The van der Waals surface area contributed by atoms with E-state index in [1.165, 1.54) is 23.8 Å². The van der Waals surface area contributed by atoms with Crippen molar-refractivity contribution in [3.63, 3.8) is 0 Å². The van der Waals surface area contributed by atoms with Crippen molar-refractivity contribution in [3.8, 4) is 0 Å². The third-order valence-electron chi connectivity index (χ3n) is 6.43. The molecule has 1 saturated heterocycles. The summed E-state index contributed by atoms with van der Waals surface area (Å²) in [5.41, 5.74) is 7.03. The standard InChI is InChI=1S/C25H30N2O4/c1-15-4-6-18(12-16(15)2)24-19-9-11-31-25(19)20-13-17(5-7-21(20)27-24)14-22(28)26-10-8-23(29)30-3/h4-7,12-13,19,24-25,27H,8-11,14H2,1-3H3,(H,26,28)/t19-,24-,25-/m1/s1. The molecule has 2 aromatic carbocycles. The number of ether oxygens (including phenoxy) is 2. The molecular formula is C25H30N2O4. The molecular weight excluding hydrogens is 392 g/mol. The molecule has 0 radical (unpaired) electrons. The van der Waals surface area contributed by atoms with Gasteiger partial charge in [0.1, 0.15) is 0 Å². The number of esters is 1. The summed E-state index contributed by atoms with van der Waals surface area (Å²) in [7, 11) is 1.34. The van der Waals surface area contributed by atoms with Gasteiger partial charge in [0.2, 0.25) is 5.91 Å². The largest absolute Gasteiger partial charge is 0.469 e. The van der Waals surface area contributed by atoms with E-state index >= 15 is 0 Å². The van der Waals surface area contributed by atoms with Crippen LogP contribution in [-0.4, -0.2) is 32.1 Å². The van der Waals surface area contributed by atoms with E-state index in [1.807, 2.05) is 6.07 Å². The van der Waals surface area contributed by atoms with Crippen molar-refractivity contribution in [1.82, 2.24) is 5.32 Å². The number of hydrogen-bond acceptors (Lipinski definition) is 5. The molecule has 2 N–H and O–H groups in total. The lowest BCUT2D eigenvalue weighted by molar-refractivity contribution is -0.140. The quantitative estimate of drug-likeness (QED) is 0.693. The first kappa shape index (κ1) is 21.4. The first-order valence-electron chi connectivity index (χ1n) is 10.9. The fraction of sp³-hybridized carbons (Fsp3) is 0.440. The summed E-state index contributed by atoms with van der Waals surface area (Å²) in [5.74, 6) is -0.0776. The highest BCUT2D eigenvalue weighted by Crippen LogP contribution is 2.50. The predicted octanol–water partition coefficient (Wildman–Crippen LogP) is 3.77. The van der Waals surface area contributed by atoms with Crippen LogP contribution in [0.4, 0.5) is 5.69 Å². The Morgan fingerprint density at radius 2 is 2.00 bits per heavy atom. The molecule has 6 nitrogen and oxygen atoms in total. The maximum atomic E-state index is 12.3. The minimum atomic E-state index is -0.331. The van der Waals surface area contributed by atoms with Crippen molar-refractivity contribution in [2.45, 2.75) is 45.3 Å². The summed E-state index contributed by atoms with van der Waals surface area (Å²) in [4.78, 5) is 23.5. The Morgan fingerprint density at radius 1 is 1.16 bits per heavy atom. The van der Waals surface area contributed by atoms with E-state index in [4.69, 9.17) is 4.74 Å². The first-order chi connectivity index (χ1) is 15.0. The van der Waals surface area contributed by atoms with E-state index in [2.05, 4.69) is 59.5 Å². The van der Waals surface area contributed by atoms with Crippen LogP contribution in [0.5, 0.6) is 0 Å². The predicted molar refractivity (Wildman–Crippen MR) is 119 cm³/mol. The number of carbonyl (C=O) groups excluding carboxylic acids is 2. The van der Waals surface area contributed by atoms with Gasteiger partial charge in [-0.2, -0.15) is 0 Å². The lowest BCUT2D eigenvalue weighted by Gasteiger charge is -2.37. The molecule has 0 spiro atoms. The Morgan fingerprint density at radius 3 is 2.77 bits per heavy atom. The first-order valence-corrected chi connectivity index (χ1v) is 10.9. The molecule has 0 aromatic heterocycles. The molecule has 6 heteroatoms. The molecule has 31 heavy (non-hydrogen) atoms. The Balaban J connectivity index is 1.49. The van der Waals surface area contributed by atoms with Gasteiger partial charge in [-0.15, -0.1) is 0 Å². The van der Waals surface area contributed by atoms with Gasteiger partial charge in [0.05, 0.1) is 32.1 Å². The molecule has 4 rings (SSSR count). The monoisotopic (exact) mass is 422 g/mol. The molecule has 1 fully saturated rings. The molecule has 0 bridgehead atoms. The van der Waals surface area contributed by atoms with Crippen molar-refractivity contribution < 1.29 is 19.1 Å². The molecule has 0 aliphatic carbocycles. The number of fused-ring (bicyclic) bond motifs is 3. The van der Waals surface area contributed by atoms with Crippen LogP contribution in [0.15, 0.2) is 36.4 Å². The average Bonchev–Trinajstić information content (AvgIpc) is 3.25. The maximum Gasteiger partial charge on any atom is 0.307 e. The Bertz CT molecular complexity index is 987. The van der Waals surface area contributed by atoms with Gasteiger partial charge >= 0.3 is 5.97 Å². The Labute approximate surface area is 183 Å². The number of nitrogens with one attached hydrogen (secondary N) is 2. The number of amides is 1. The zero-order valence-corrected chi connectivity index (χ0v) is 18.4. The third-order valence-corrected chi connectivity index (χ3v) is 6.43. The summed E-state index contributed by atoms with van der Waals surface area (Å²) in [5, 5.41) is 6.51. The van der Waals surface area contributed by atoms with Gasteiger partial charge < -0.3 is 20.1 Å². The molecule has 2 aromatic rings. The van der Waals surface area contributed by atoms with Crippen LogP contribution in [-0.2, 0) is 25.5 Å². The SMILES string of the molecule is COC(=O)CCNC(=O)Cc1ccc2c(c1)[C@@H]1OCC[C@@H]1[C@@H](c1ccc(C)c(C)c1)N2. The van der Waals surface area contributed by atoms with Gasteiger partial charge in [0.25, 0.3) is 0 Å². The van der Waals surface area contributed by atoms with Gasteiger partial charge in [-0.1, -0.05) is 30.3 Å². The highest BCUT2D eigenvalue weighted by molar-refractivity contribution is 5.79. The molecule has 1 amide bonds. The van der Waals surface area contributed by atoms with Crippen LogP contribution in [0.1, 0.15) is 52.8 Å². The zero-order chi connectivity index (χ0) is 22.0. The van der Waals surface area contributed by atoms with Gasteiger partial charge in [0, 0.05) is 30.3 Å². The van der Waals surface area contributed by atoms with Crippen molar-refractivity contribution in [2.24, 2.45) is 5.92 Å². The number of aryl methyl sites for hydroxylation is 2. The smallest absolute Gasteiger partial charge is 0.307 e. The summed E-state index contributed by atoms with van der Waals surface area (Å²) in [6.07, 6.45) is 1.48. The highest BCUT2D eigenvalue weighted by atomic mass is 16.5.